The second-order valence-corrected chi connectivity index (χ2v) is 9.44. The van der Waals surface area contributed by atoms with Gasteiger partial charge in [-0.25, -0.2) is 9.97 Å². The zero-order chi connectivity index (χ0) is 24.6. The van der Waals surface area contributed by atoms with Crippen LogP contribution in [0, 0.1) is 13.8 Å². The van der Waals surface area contributed by atoms with Crippen molar-refractivity contribution in [3.63, 3.8) is 0 Å². The number of aliphatic carboxylic acids is 1. The van der Waals surface area contributed by atoms with E-state index in [-0.39, 0.29) is 12.3 Å². The highest BCUT2D eigenvalue weighted by molar-refractivity contribution is 5.68. The van der Waals surface area contributed by atoms with E-state index in [0.29, 0.717) is 6.61 Å². The zero-order valence-electron chi connectivity index (χ0n) is 20.7. The molecule has 0 radical (unpaired) electrons. The van der Waals surface area contributed by atoms with E-state index >= 15 is 0 Å². The van der Waals surface area contributed by atoms with Gasteiger partial charge in [-0.2, -0.15) is 0 Å². The lowest BCUT2D eigenvalue weighted by atomic mass is 9.98. The number of fused-ring (bicyclic) bond motifs is 1. The molecule has 184 valence electrons. The van der Waals surface area contributed by atoms with Crippen molar-refractivity contribution in [3.05, 3.63) is 76.6 Å². The molecule has 6 heteroatoms. The summed E-state index contributed by atoms with van der Waals surface area (Å²) in [5.74, 6) is 1.09. The van der Waals surface area contributed by atoms with Gasteiger partial charge in [-0.15, -0.1) is 0 Å². The van der Waals surface area contributed by atoms with Crippen LogP contribution in [0.4, 0.5) is 0 Å². The lowest BCUT2D eigenvalue weighted by Gasteiger charge is -2.11. The fraction of sp³-hybridized carbons (Fsp3) is 0.414. The highest BCUT2D eigenvalue weighted by Crippen LogP contribution is 2.37. The van der Waals surface area contributed by atoms with Gasteiger partial charge >= 0.3 is 5.97 Å². The molecule has 2 N–H and O–H groups in total. The standard InChI is InChI=1S/C29H35N3O3/c1-20-6-3-7-24(16-20)29-31-19-21(2)27(32-29)8-4-13-30-14-5-15-35-25-11-12-26-22(17-25)9-10-23(26)18-28(33)34/h3,6-7,11-12,16-17,19,23,30H,4-5,8-10,13-15,18H2,1-2H3,(H,33,34)/t23-/m0/s1. The van der Waals surface area contributed by atoms with Crippen LogP contribution in [0.15, 0.2) is 48.7 Å². The fourth-order valence-electron chi connectivity index (χ4n) is 4.74. The highest BCUT2D eigenvalue weighted by atomic mass is 16.5. The van der Waals surface area contributed by atoms with E-state index in [1.54, 1.807) is 0 Å². The van der Waals surface area contributed by atoms with Crippen molar-refractivity contribution in [2.24, 2.45) is 0 Å². The Morgan fingerprint density at radius 2 is 2.00 bits per heavy atom. The molecular weight excluding hydrogens is 438 g/mol. The van der Waals surface area contributed by atoms with E-state index in [0.717, 1.165) is 73.6 Å². The largest absolute Gasteiger partial charge is 0.494 e. The maximum absolute atomic E-state index is 11.0. The molecule has 1 atom stereocenters. The molecule has 0 saturated heterocycles. The number of carboxylic acids is 1. The Balaban J connectivity index is 1.14. The molecule has 0 fully saturated rings. The lowest BCUT2D eigenvalue weighted by Crippen LogP contribution is -2.19. The number of carbonyl (C=O) groups is 1. The first-order chi connectivity index (χ1) is 17.0. The van der Waals surface area contributed by atoms with Crippen LogP contribution < -0.4 is 10.1 Å². The summed E-state index contributed by atoms with van der Waals surface area (Å²) in [5, 5.41) is 12.6. The molecule has 6 nitrogen and oxygen atoms in total. The van der Waals surface area contributed by atoms with Crippen LogP contribution in [-0.2, 0) is 17.6 Å². The molecule has 2 aromatic carbocycles. The Morgan fingerprint density at radius 1 is 1.14 bits per heavy atom. The van der Waals surface area contributed by atoms with Gasteiger partial charge in [0.2, 0.25) is 0 Å². The first-order valence-corrected chi connectivity index (χ1v) is 12.6. The quantitative estimate of drug-likeness (QED) is 0.349. The summed E-state index contributed by atoms with van der Waals surface area (Å²) in [6.07, 6.45) is 6.87. The van der Waals surface area contributed by atoms with Crippen molar-refractivity contribution >= 4 is 5.97 Å². The summed E-state index contributed by atoms with van der Waals surface area (Å²) < 4.78 is 5.93. The van der Waals surface area contributed by atoms with Crippen LogP contribution in [0.1, 0.15) is 59.5 Å². The third kappa shape index (κ3) is 6.89. The number of benzene rings is 2. The number of hydrogen-bond donors (Lipinski definition) is 2. The number of carboxylic acid groups (broad SMARTS) is 1. The average molecular weight is 474 g/mol. The van der Waals surface area contributed by atoms with Crippen LogP contribution in [0.5, 0.6) is 5.75 Å². The average Bonchev–Trinajstić information content (AvgIpc) is 3.23. The topological polar surface area (TPSA) is 84.3 Å². The highest BCUT2D eigenvalue weighted by Gasteiger charge is 2.24. The van der Waals surface area contributed by atoms with Gasteiger partial charge < -0.3 is 15.2 Å². The maximum Gasteiger partial charge on any atom is 0.303 e. The number of rotatable bonds is 12. The van der Waals surface area contributed by atoms with Crippen molar-refractivity contribution in [3.8, 4) is 17.1 Å². The third-order valence-electron chi connectivity index (χ3n) is 6.62. The number of aryl methyl sites for hydroxylation is 4. The van der Waals surface area contributed by atoms with E-state index < -0.39 is 5.97 Å². The second-order valence-electron chi connectivity index (χ2n) is 9.44. The first-order valence-electron chi connectivity index (χ1n) is 12.6. The van der Waals surface area contributed by atoms with Crippen molar-refractivity contribution in [2.45, 2.75) is 58.3 Å². The van der Waals surface area contributed by atoms with Gasteiger partial charge in [0.15, 0.2) is 5.82 Å². The zero-order valence-corrected chi connectivity index (χ0v) is 20.7. The molecule has 0 bridgehead atoms. The summed E-state index contributed by atoms with van der Waals surface area (Å²) in [5.41, 5.74) is 6.93. The van der Waals surface area contributed by atoms with Gasteiger partial charge in [0.25, 0.3) is 0 Å². The van der Waals surface area contributed by atoms with E-state index in [2.05, 4.69) is 48.4 Å². The summed E-state index contributed by atoms with van der Waals surface area (Å²) in [6.45, 7) is 6.66. The number of aromatic nitrogens is 2. The fourth-order valence-corrected chi connectivity index (χ4v) is 4.74. The molecule has 3 aromatic rings. The van der Waals surface area contributed by atoms with Gasteiger partial charge in [0.1, 0.15) is 5.75 Å². The second kappa shape index (κ2) is 11.9. The maximum atomic E-state index is 11.0. The van der Waals surface area contributed by atoms with E-state index in [9.17, 15) is 4.79 Å². The lowest BCUT2D eigenvalue weighted by molar-refractivity contribution is -0.137. The van der Waals surface area contributed by atoms with Crippen LogP contribution in [0.2, 0.25) is 0 Å². The minimum absolute atomic E-state index is 0.140. The number of ether oxygens (including phenoxy) is 1. The van der Waals surface area contributed by atoms with E-state index in [1.807, 2.05) is 24.4 Å². The van der Waals surface area contributed by atoms with Crippen molar-refractivity contribution in [1.82, 2.24) is 15.3 Å². The van der Waals surface area contributed by atoms with Crippen molar-refractivity contribution in [2.75, 3.05) is 19.7 Å². The summed E-state index contributed by atoms with van der Waals surface area (Å²) in [4.78, 5) is 20.4. The molecule has 35 heavy (non-hydrogen) atoms. The molecule has 1 aliphatic rings. The Kier molecular flexibility index (Phi) is 8.48. The molecular formula is C29H35N3O3. The molecule has 0 amide bonds. The molecule has 1 aromatic heterocycles. The molecule has 0 saturated carbocycles. The smallest absolute Gasteiger partial charge is 0.303 e. The van der Waals surface area contributed by atoms with Crippen LogP contribution in [0.3, 0.4) is 0 Å². The molecule has 4 rings (SSSR count). The van der Waals surface area contributed by atoms with Crippen LogP contribution in [-0.4, -0.2) is 40.7 Å². The van der Waals surface area contributed by atoms with Crippen molar-refractivity contribution in [1.29, 1.82) is 0 Å². The Hall–Kier alpha value is -3.25. The predicted molar refractivity (Wildman–Crippen MR) is 138 cm³/mol. The molecule has 0 unspecified atom stereocenters. The third-order valence-corrected chi connectivity index (χ3v) is 6.62. The minimum atomic E-state index is -0.727. The summed E-state index contributed by atoms with van der Waals surface area (Å²) >= 11 is 0. The summed E-state index contributed by atoms with van der Waals surface area (Å²) in [6, 6.07) is 14.4. The van der Waals surface area contributed by atoms with Gasteiger partial charge in [0, 0.05) is 17.5 Å². The summed E-state index contributed by atoms with van der Waals surface area (Å²) in [7, 11) is 0. The van der Waals surface area contributed by atoms with Gasteiger partial charge in [0.05, 0.1) is 13.0 Å². The molecule has 1 heterocycles. The van der Waals surface area contributed by atoms with Crippen LogP contribution in [0.25, 0.3) is 11.4 Å². The van der Waals surface area contributed by atoms with Gasteiger partial charge in [-0.3, -0.25) is 4.79 Å². The predicted octanol–water partition coefficient (Wildman–Crippen LogP) is 5.26. The number of nitrogens with zero attached hydrogens (tertiary/aromatic N) is 2. The molecule has 0 spiro atoms. The van der Waals surface area contributed by atoms with E-state index in [1.165, 1.54) is 16.7 Å². The Bertz CT molecular complexity index is 1160. The number of hydrogen-bond acceptors (Lipinski definition) is 5. The van der Waals surface area contributed by atoms with Crippen LogP contribution >= 0.6 is 0 Å². The normalized spacial score (nSPS) is 14.6. The number of nitrogens with one attached hydrogen (secondary N) is 1. The van der Waals surface area contributed by atoms with E-state index in [4.69, 9.17) is 14.8 Å². The molecule has 0 aliphatic heterocycles. The Labute approximate surface area is 207 Å². The van der Waals surface area contributed by atoms with Gasteiger partial charge in [-0.1, -0.05) is 29.8 Å². The Morgan fingerprint density at radius 3 is 2.83 bits per heavy atom. The first kappa shape index (κ1) is 24.9. The van der Waals surface area contributed by atoms with Crippen molar-refractivity contribution < 1.29 is 14.6 Å². The molecule has 1 aliphatic carbocycles. The SMILES string of the molecule is Cc1cccc(-c2ncc(C)c(CCCNCCCOc3ccc4c(c3)CC[C@H]4CC(=O)O)n2)c1. The van der Waals surface area contributed by atoms with Gasteiger partial charge in [-0.05, 0) is 99.8 Å². The monoisotopic (exact) mass is 473 g/mol. The minimum Gasteiger partial charge on any atom is -0.494 e.